The van der Waals surface area contributed by atoms with Crippen LogP contribution >= 0.6 is 0 Å². The molecule has 1 aromatic carbocycles. The number of rotatable bonds is 4. The molecular weight excluding hydrogens is 270 g/mol. The van der Waals surface area contributed by atoms with E-state index in [-0.39, 0.29) is 11.8 Å². The van der Waals surface area contributed by atoms with Gasteiger partial charge in [-0.15, -0.1) is 0 Å². The van der Waals surface area contributed by atoms with Gasteiger partial charge in [-0.25, -0.2) is 9.59 Å². The average Bonchev–Trinajstić information content (AvgIpc) is 3.14. The highest BCUT2D eigenvalue weighted by molar-refractivity contribution is 5.81. The molecule has 0 aliphatic heterocycles. The third-order valence-electron chi connectivity index (χ3n) is 3.43. The molecule has 5 nitrogen and oxygen atoms in total. The van der Waals surface area contributed by atoms with Crippen LogP contribution in [0, 0.1) is 5.92 Å². The molecule has 0 unspecified atom stereocenters. The van der Waals surface area contributed by atoms with Crippen molar-refractivity contribution in [3.05, 3.63) is 35.9 Å². The lowest BCUT2D eigenvalue weighted by Crippen LogP contribution is -2.45. The van der Waals surface area contributed by atoms with Gasteiger partial charge in [-0.1, -0.05) is 30.3 Å². The lowest BCUT2D eigenvalue weighted by Gasteiger charge is -2.22. The van der Waals surface area contributed by atoms with Crippen molar-refractivity contribution in [3.8, 4) is 0 Å². The predicted octanol–water partition coefficient (Wildman–Crippen LogP) is 2.77. The summed E-state index contributed by atoms with van der Waals surface area (Å²) in [4.78, 5) is 23.1. The minimum Gasteiger partial charge on any atom is -0.480 e. The van der Waals surface area contributed by atoms with Gasteiger partial charge in [0.2, 0.25) is 0 Å². The zero-order valence-electron chi connectivity index (χ0n) is 12.5. The molecule has 1 saturated carbocycles. The normalized spacial score (nSPS) is 22.2. The first-order valence-electron chi connectivity index (χ1n) is 7.05. The predicted molar refractivity (Wildman–Crippen MR) is 78.1 cm³/mol. The summed E-state index contributed by atoms with van der Waals surface area (Å²) in [6.45, 7) is 5.23. The Morgan fingerprint density at radius 2 is 1.90 bits per heavy atom. The third-order valence-corrected chi connectivity index (χ3v) is 3.43. The highest BCUT2D eigenvalue weighted by Gasteiger charge is 2.48. The van der Waals surface area contributed by atoms with E-state index >= 15 is 0 Å². The van der Waals surface area contributed by atoms with Crippen molar-refractivity contribution in [3.63, 3.8) is 0 Å². The maximum Gasteiger partial charge on any atom is 0.408 e. The summed E-state index contributed by atoms with van der Waals surface area (Å²) in [6.07, 6.45) is 0.0742. The molecule has 21 heavy (non-hydrogen) atoms. The number of benzene rings is 1. The lowest BCUT2D eigenvalue weighted by molar-refractivity contribution is -0.140. The Bertz CT molecular complexity index is 521. The molecular formula is C16H21NO4. The molecule has 0 aromatic heterocycles. The Kier molecular flexibility index (Phi) is 4.21. The maximum absolute atomic E-state index is 11.8. The SMILES string of the molecule is CC(C)(C)OC(=O)N[C@H](C(=O)O)[C@H]1C[C@@H]1c1ccccc1. The summed E-state index contributed by atoms with van der Waals surface area (Å²) in [5, 5.41) is 11.8. The van der Waals surface area contributed by atoms with Crippen LogP contribution in [-0.4, -0.2) is 28.8 Å². The van der Waals surface area contributed by atoms with Crippen molar-refractivity contribution in [1.29, 1.82) is 0 Å². The number of carbonyl (C=O) groups is 2. The molecule has 1 fully saturated rings. The molecule has 1 amide bonds. The van der Waals surface area contributed by atoms with Gasteiger partial charge in [-0.3, -0.25) is 0 Å². The molecule has 0 radical (unpaired) electrons. The zero-order valence-corrected chi connectivity index (χ0v) is 12.5. The van der Waals surface area contributed by atoms with E-state index in [0.29, 0.717) is 0 Å². The Hall–Kier alpha value is -2.04. The van der Waals surface area contributed by atoms with Crippen LogP contribution < -0.4 is 5.32 Å². The summed E-state index contributed by atoms with van der Waals surface area (Å²) in [5.41, 5.74) is 0.468. The van der Waals surface area contributed by atoms with Gasteiger partial charge >= 0.3 is 12.1 Å². The fraction of sp³-hybridized carbons (Fsp3) is 0.500. The van der Waals surface area contributed by atoms with Gasteiger partial charge in [-0.05, 0) is 44.6 Å². The summed E-state index contributed by atoms with van der Waals surface area (Å²) >= 11 is 0. The molecule has 0 spiro atoms. The minimum absolute atomic E-state index is 0.0857. The number of ether oxygens (including phenoxy) is 1. The van der Waals surface area contributed by atoms with E-state index in [1.54, 1.807) is 20.8 Å². The van der Waals surface area contributed by atoms with E-state index in [9.17, 15) is 14.7 Å². The molecule has 5 heteroatoms. The van der Waals surface area contributed by atoms with Gasteiger partial charge in [0.25, 0.3) is 0 Å². The smallest absolute Gasteiger partial charge is 0.408 e. The molecule has 1 aromatic rings. The van der Waals surface area contributed by atoms with Crippen molar-refractivity contribution in [1.82, 2.24) is 5.32 Å². The third kappa shape index (κ3) is 4.21. The molecule has 1 aliphatic carbocycles. The molecule has 2 rings (SSSR count). The van der Waals surface area contributed by atoms with Crippen LogP contribution in [0.2, 0.25) is 0 Å². The molecule has 2 N–H and O–H groups in total. The van der Waals surface area contributed by atoms with Gasteiger partial charge in [-0.2, -0.15) is 0 Å². The van der Waals surface area contributed by atoms with Crippen molar-refractivity contribution >= 4 is 12.1 Å². The highest BCUT2D eigenvalue weighted by Crippen LogP contribution is 2.49. The number of carboxylic acid groups (broad SMARTS) is 1. The summed E-state index contributed by atoms with van der Waals surface area (Å²) in [6, 6.07) is 8.84. The largest absolute Gasteiger partial charge is 0.480 e. The van der Waals surface area contributed by atoms with Gasteiger partial charge in [0.15, 0.2) is 0 Å². The van der Waals surface area contributed by atoms with Crippen molar-refractivity contribution in [2.24, 2.45) is 5.92 Å². The molecule has 0 saturated heterocycles. The fourth-order valence-corrected chi connectivity index (χ4v) is 2.45. The number of nitrogens with one attached hydrogen (secondary N) is 1. The number of hydrogen-bond donors (Lipinski definition) is 2. The number of hydrogen-bond acceptors (Lipinski definition) is 3. The van der Waals surface area contributed by atoms with Gasteiger partial charge in [0.1, 0.15) is 11.6 Å². The molecule has 0 heterocycles. The van der Waals surface area contributed by atoms with Gasteiger partial charge < -0.3 is 15.2 Å². The minimum atomic E-state index is -1.02. The van der Waals surface area contributed by atoms with E-state index in [1.165, 1.54) is 0 Å². The number of aliphatic carboxylic acids is 1. The second kappa shape index (κ2) is 5.76. The Morgan fingerprint density at radius 3 is 2.43 bits per heavy atom. The first-order valence-corrected chi connectivity index (χ1v) is 7.05. The number of amides is 1. The number of alkyl carbamates (subject to hydrolysis) is 1. The topological polar surface area (TPSA) is 75.6 Å². The second-order valence-electron chi connectivity index (χ2n) is 6.38. The summed E-state index contributed by atoms with van der Waals surface area (Å²) in [5.74, 6) is -0.927. The zero-order chi connectivity index (χ0) is 15.6. The second-order valence-corrected chi connectivity index (χ2v) is 6.38. The van der Waals surface area contributed by atoms with Crippen LogP contribution in [0.25, 0.3) is 0 Å². The van der Waals surface area contributed by atoms with E-state index < -0.39 is 23.7 Å². The Labute approximate surface area is 124 Å². The van der Waals surface area contributed by atoms with E-state index in [2.05, 4.69) is 5.32 Å². The maximum atomic E-state index is 11.8. The lowest BCUT2D eigenvalue weighted by atomic mass is 10.1. The van der Waals surface area contributed by atoms with Crippen LogP contribution in [0.3, 0.4) is 0 Å². The van der Waals surface area contributed by atoms with Crippen LogP contribution in [0.4, 0.5) is 4.79 Å². The van der Waals surface area contributed by atoms with Crippen molar-refractivity contribution in [2.45, 2.75) is 44.8 Å². The number of carbonyl (C=O) groups excluding carboxylic acids is 1. The first-order chi connectivity index (χ1) is 9.78. The van der Waals surface area contributed by atoms with Crippen LogP contribution in [-0.2, 0) is 9.53 Å². The molecule has 0 bridgehead atoms. The van der Waals surface area contributed by atoms with E-state index in [0.717, 1.165) is 12.0 Å². The van der Waals surface area contributed by atoms with E-state index in [1.807, 2.05) is 30.3 Å². The standard InChI is InChI=1S/C16H21NO4/c1-16(2,3)21-15(20)17-13(14(18)19)12-9-11(12)10-7-5-4-6-8-10/h4-8,11-13H,9H2,1-3H3,(H,17,20)(H,18,19)/t11-,12+,13+/m1/s1. The summed E-state index contributed by atoms with van der Waals surface area (Å²) < 4.78 is 5.12. The molecule has 1 aliphatic rings. The van der Waals surface area contributed by atoms with Crippen molar-refractivity contribution < 1.29 is 19.4 Å². The van der Waals surface area contributed by atoms with Gasteiger partial charge in [0, 0.05) is 0 Å². The Balaban J connectivity index is 1.99. The van der Waals surface area contributed by atoms with Crippen molar-refractivity contribution in [2.75, 3.05) is 0 Å². The monoisotopic (exact) mass is 291 g/mol. The first kappa shape index (κ1) is 15.4. The van der Waals surface area contributed by atoms with Gasteiger partial charge in [0.05, 0.1) is 0 Å². The molecule has 114 valence electrons. The number of carboxylic acids is 1. The molecule has 3 atom stereocenters. The Morgan fingerprint density at radius 1 is 1.29 bits per heavy atom. The van der Waals surface area contributed by atoms with E-state index in [4.69, 9.17) is 4.74 Å². The van der Waals surface area contributed by atoms with Crippen LogP contribution in [0.5, 0.6) is 0 Å². The average molecular weight is 291 g/mol. The summed E-state index contributed by atoms with van der Waals surface area (Å²) in [7, 11) is 0. The highest BCUT2D eigenvalue weighted by atomic mass is 16.6. The fourth-order valence-electron chi connectivity index (χ4n) is 2.45. The quantitative estimate of drug-likeness (QED) is 0.894. The van der Waals surface area contributed by atoms with Crippen LogP contribution in [0.15, 0.2) is 30.3 Å². The van der Waals surface area contributed by atoms with Crippen LogP contribution in [0.1, 0.15) is 38.7 Å².